The van der Waals surface area contributed by atoms with Gasteiger partial charge in [-0.05, 0) is 69.7 Å². The summed E-state index contributed by atoms with van der Waals surface area (Å²) in [6.07, 6.45) is 6.44. The van der Waals surface area contributed by atoms with Crippen LogP contribution in [0, 0.1) is 11.7 Å². The maximum absolute atomic E-state index is 16.5. The zero-order chi connectivity index (χ0) is 32.7. The van der Waals surface area contributed by atoms with E-state index in [2.05, 4.69) is 35.4 Å². The van der Waals surface area contributed by atoms with Gasteiger partial charge in [0, 0.05) is 54.0 Å². The highest BCUT2D eigenvalue weighted by Crippen LogP contribution is 2.41. The molecule has 11 nitrogen and oxygen atoms in total. The number of alkyl halides is 1. The summed E-state index contributed by atoms with van der Waals surface area (Å²) in [6.45, 7) is 2.81. The van der Waals surface area contributed by atoms with Crippen LogP contribution in [-0.2, 0) is 11.2 Å². The number of halogens is 3. The number of piperidine rings is 1. The standard InChI is InChI=1S/C33H38ClF2N7O4/c34-23-11-24-21(15-39-42-24)26(20(23)6-1-2-7-25(44)30(45)18-5-3-9-37-13-18)29-27(36)28-22(14-38-29)31(46)41-32(40-28)47-17-33-8-4-10-43(33)16-19(35)12-33/h11,14-15,18-19,30,37,45H,1-10,12-13,16-17H2,(H,39,42)(H,40,41,46)/t18-,19-,30?,33+/m1/s1. The van der Waals surface area contributed by atoms with Crippen molar-refractivity contribution in [3.05, 3.63) is 45.2 Å². The van der Waals surface area contributed by atoms with E-state index in [-0.39, 0.29) is 47.3 Å². The number of Topliss-reactive ketones (excluding diaryl/α,β-unsaturated/α-hetero) is 1. The first-order chi connectivity index (χ1) is 22.7. The molecule has 4 N–H and O–H groups in total. The lowest BCUT2D eigenvalue weighted by Gasteiger charge is -2.30. The van der Waals surface area contributed by atoms with Gasteiger partial charge in [0.15, 0.2) is 11.6 Å². The Morgan fingerprint density at radius 1 is 1.26 bits per heavy atom. The topological polar surface area (TPSA) is 149 Å². The van der Waals surface area contributed by atoms with E-state index in [9.17, 15) is 19.1 Å². The van der Waals surface area contributed by atoms with Crippen LogP contribution in [0.2, 0.25) is 5.02 Å². The van der Waals surface area contributed by atoms with Crippen LogP contribution in [0.1, 0.15) is 56.9 Å². The molecule has 250 valence electrons. The zero-order valence-electron chi connectivity index (χ0n) is 26.0. The van der Waals surface area contributed by atoms with Gasteiger partial charge in [-0.3, -0.25) is 29.6 Å². The van der Waals surface area contributed by atoms with Crippen molar-refractivity contribution in [1.82, 2.24) is 35.4 Å². The summed E-state index contributed by atoms with van der Waals surface area (Å²) in [5.41, 5.74) is 0.314. The molecule has 0 aliphatic carbocycles. The van der Waals surface area contributed by atoms with E-state index in [1.807, 2.05) is 0 Å². The lowest BCUT2D eigenvalue weighted by molar-refractivity contribution is -0.130. The van der Waals surface area contributed by atoms with E-state index in [0.717, 1.165) is 38.8 Å². The fourth-order valence-corrected chi connectivity index (χ4v) is 8.02. The summed E-state index contributed by atoms with van der Waals surface area (Å²) in [4.78, 5) is 39.1. The number of nitrogens with one attached hydrogen (secondary N) is 3. The average Bonchev–Trinajstić information content (AvgIpc) is 3.77. The fourth-order valence-electron chi connectivity index (χ4n) is 7.72. The molecule has 3 aromatic heterocycles. The van der Waals surface area contributed by atoms with Crippen molar-refractivity contribution in [2.24, 2.45) is 5.92 Å². The maximum atomic E-state index is 16.5. The van der Waals surface area contributed by atoms with Crippen molar-refractivity contribution in [1.29, 1.82) is 0 Å². The summed E-state index contributed by atoms with van der Waals surface area (Å²) in [5.74, 6) is -1.06. The van der Waals surface area contributed by atoms with Gasteiger partial charge in [-0.25, -0.2) is 8.78 Å². The number of carbonyl (C=O) groups is 1. The molecule has 4 atom stereocenters. The molecule has 0 bridgehead atoms. The largest absolute Gasteiger partial charge is 0.463 e. The van der Waals surface area contributed by atoms with Crippen molar-refractivity contribution < 1.29 is 23.4 Å². The number of aliphatic hydroxyl groups is 1. The van der Waals surface area contributed by atoms with Crippen LogP contribution in [0.15, 0.2) is 23.3 Å². The van der Waals surface area contributed by atoms with Crippen LogP contribution in [0.4, 0.5) is 8.78 Å². The van der Waals surface area contributed by atoms with Crippen LogP contribution >= 0.6 is 11.6 Å². The van der Waals surface area contributed by atoms with E-state index in [1.165, 1.54) is 6.20 Å². The lowest BCUT2D eigenvalue weighted by Crippen LogP contribution is -2.43. The van der Waals surface area contributed by atoms with E-state index in [1.54, 1.807) is 12.3 Å². The van der Waals surface area contributed by atoms with Crippen LogP contribution in [0.3, 0.4) is 0 Å². The number of benzene rings is 1. The Balaban J connectivity index is 1.15. The Morgan fingerprint density at radius 2 is 2.13 bits per heavy atom. The van der Waals surface area contributed by atoms with Gasteiger partial charge in [0.1, 0.15) is 30.1 Å². The quantitative estimate of drug-likeness (QED) is 0.172. The number of ether oxygens (including phenoxy) is 1. The summed E-state index contributed by atoms with van der Waals surface area (Å²) in [6, 6.07) is 1.58. The molecular formula is C33H38ClF2N7O4. The third-order valence-corrected chi connectivity index (χ3v) is 10.5. The van der Waals surface area contributed by atoms with E-state index >= 15 is 4.39 Å². The minimum absolute atomic E-state index is 0.0406. The summed E-state index contributed by atoms with van der Waals surface area (Å²) < 4.78 is 36.7. The number of rotatable bonds is 11. The molecule has 4 aromatic rings. The van der Waals surface area contributed by atoms with Crippen molar-refractivity contribution in [2.45, 2.75) is 75.6 Å². The summed E-state index contributed by atoms with van der Waals surface area (Å²) in [7, 11) is 0. The van der Waals surface area contributed by atoms with Crippen LogP contribution in [-0.4, -0.2) is 91.5 Å². The number of hydrogen-bond donors (Lipinski definition) is 4. The Hall–Kier alpha value is -3.52. The Morgan fingerprint density at radius 3 is 2.96 bits per heavy atom. The molecule has 14 heteroatoms. The number of pyridine rings is 1. The molecular weight excluding hydrogens is 632 g/mol. The van der Waals surface area contributed by atoms with Gasteiger partial charge in [-0.15, -0.1) is 0 Å². The molecule has 3 saturated heterocycles. The number of H-pyrrole nitrogens is 2. The molecule has 7 rings (SSSR count). The molecule has 0 radical (unpaired) electrons. The number of carbonyl (C=O) groups excluding carboxylic acids is 1. The molecule has 0 saturated carbocycles. The molecule has 3 aliphatic rings. The summed E-state index contributed by atoms with van der Waals surface area (Å²) >= 11 is 6.75. The first kappa shape index (κ1) is 32.0. The van der Waals surface area contributed by atoms with E-state index in [0.29, 0.717) is 65.8 Å². The summed E-state index contributed by atoms with van der Waals surface area (Å²) in [5, 5.41) is 21.7. The third kappa shape index (κ3) is 6.14. The third-order valence-electron chi connectivity index (χ3n) is 10.2. The molecule has 47 heavy (non-hydrogen) atoms. The van der Waals surface area contributed by atoms with Crippen molar-refractivity contribution in [3.8, 4) is 17.3 Å². The molecule has 0 spiro atoms. The van der Waals surface area contributed by atoms with E-state index < -0.39 is 29.2 Å². The minimum atomic E-state index is -0.986. The van der Waals surface area contributed by atoms with Crippen LogP contribution < -0.4 is 15.6 Å². The number of nitrogens with zero attached hydrogens (tertiary/aromatic N) is 4. The molecule has 3 fully saturated rings. The van der Waals surface area contributed by atoms with Crippen molar-refractivity contribution in [2.75, 3.05) is 32.8 Å². The first-order valence-electron chi connectivity index (χ1n) is 16.4. The molecule has 0 amide bonds. The second-order valence-corrected chi connectivity index (χ2v) is 13.6. The SMILES string of the molecule is O=C(CCCCc1c(Cl)cc2[nH]ncc2c1-c1ncc2c(=O)[nH]c(OC[C@@]34CCCN3C[C@H](F)C4)nc2c1F)C(O)[C@@H]1CCCNC1. The highest BCUT2D eigenvalue weighted by molar-refractivity contribution is 6.33. The van der Waals surface area contributed by atoms with Gasteiger partial charge in [-0.2, -0.15) is 10.1 Å². The molecule has 1 aromatic carbocycles. The van der Waals surface area contributed by atoms with Gasteiger partial charge < -0.3 is 15.2 Å². The number of aromatic amines is 2. The van der Waals surface area contributed by atoms with Gasteiger partial charge >= 0.3 is 0 Å². The monoisotopic (exact) mass is 669 g/mol. The van der Waals surface area contributed by atoms with Gasteiger partial charge in [-0.1, -0.05) is 11.6 Å². The predicted octanol–water partition coefficient (Wildman–Crippen LogP) is 4.25. The molecule has 1 unspecified atom stereocenters. The number of aromatic nitrogens is 5. The second kappa shape index (κ2) is 13.2. The molecule has 6 heterocycles. The second-order valence-electron chi connectivity index (χ2n) is 13.2. The maximum Gasteiger partial charge on any atom is 0.297 e. The van der Waals surface area contributed by atoms with Crippen molar-refractivity contribution >= 4 is 39.2 Å². The highest BCUT2D eigenvalue weighted by atomic mass is 35.5. The first-order valence-corrected chi connectivity index (χ1v) is 16.8. The zero-order valence-corrected chi connectivity index (χ0v) is 26.7. The van der Waals surface area contributed by atoms with Crippen LogP contribution in [0.5, 0.6) is 6.01 Å². The van der Waals surface area contributed by atoms with Crippen LogP contribution in [0.25, 0.3) is 33.1 Å². The van der Waals surface area contributed by atoms with Crippen molar-refractivity contribution in [3.63, 3.8) is 0 Å². The van der Waals surface area contributed by atoms with Gasteiger partial charge in [0.05, 0.1) is 22.6 Å². The number of aliphatic hydroxyl groups excluding tert-OH is 1. The minimum Gasteiger partial charge on any atom is -0.463 e. The van der Waals surface area contributed by atoms with Gasteiger partial charge in [0.2, 0.25) is 0 Å². The Bertz CT molecular complexity index is 1860. The number of hydrogen-bond acceptors (Lipinski definition) is 9. The Labute approximate surface area is 274 Å². The smallest absolute Gasteiger partial charge is 0.297 e. The molecule has 3 aliphatic heterocycles. The highest BCUT2D eigenvalue weighted by Gasteiger charge is 2.49. The van der Waals surface area contributed by atoms with E-state index in [4.69, 9.17) is 16.3 Å². The normalized spacial score (nSPS) is 23.8. The number of fused-ring (bicyclic) bond motifs is 3. The lowest BCUT2D eigenvalue weighted by atomic mass is 9.89. The Kier molecular flexibility index (Phi) is 8.98. The number of unbranched alkanes of at least 4 members (excludes halogenated alkanes) is 1. The average molecular weight is 670 g/mol. The van der Waals surface area contributed by atoms with Gasteiger partial charge in [0.25, 0.3) is 11.6 Å². The predicted molar refractivity (Wildman–Crippen MR) is 173 cm³/mol. The fraction of sp³-hybridized carbons (Fsp3) is 0.545. The number of ketones is 1.